The van der Waals surface area contributed by atoms with Crippen LogP contribution in [0.15, 0.2) is 12.4 Å². The number of hydrogen-bond donors (Lipinski definition) is 0. The van der Waals surface area contributed by atoms with E-state index in [1.165, 1.54) is 32.1 Å². The predicted molar refractivity (Wildman–Crippen MR) is 63.6 cm³/mol. The minimum absolute atomic E-state index is 0.552. The van der Waals surface area contributed by atoms with Crippen molar-refractivity contribution in [1.82, 2.24) is 9.97 Å². The van der Waals surface area contributed by atoms with Gasteiger partial charge in [-0.05, 0) is 18.8 Å². The zero-order valence-corrected chi connectivity index (χ0v) is 10.1. The van der Waals surface area contributed by atoms with Crippen LogP contribution in [0.5, 0.6) is 5.75 Å². The molecule has 1 aromatic heterocycles. The van der Waals surface area contributed by atoms with Gasteiger partial charge in [-0.15, -0.1) is 0 Å². The molecule has 0 radical (unpaired) electrons. The van der Waals surface area contributed by atoms with Crippen LogP contribution >= 0.6 is 0 Å². The van der Waals surface area contributed by atoms with Crippen LogP contribution in [0.25, 0.3) is 0 Å². The molecule has 3 heteroatoms. The van der Waals surface area contributed by atoms with Crippen LogP contribution in [0.4, 0.5) is 0 Å². The maximum atomic E-state index is 5.07. The maximum absolute atomic E-state index is 5.07. The van der Waals surface area contributed by atoms with Gasteiger partial charge in [0.2, 0.25) is 0 Å². The third-order valence-corrected chi connectivity index (χ3v) is 3.51. The molecule has 0 amide bonds. The van der Waals surface area contributed by atoms with E-state index in [4.69, 9.17) is 4.74 Å². The molecule has 1 saturated carbocycles. The van der Waals surface area contributed by atoms with Gasteiger partial charge < -0.3 is 4.74 Å². The summed E-state index contributed by atoms with van der Waals surface area (Å²) in [6, 6.07) is 0. The predicted octanol–water partition coefficient (Wildman–Crippen LogP) is 3.17. The molecule has 0 N–H and O–H groups in total. The highest BCUT2D eigenvalue weighted by Gasteiger charge is 2.19. The minimum Gasteiger partial charge on any atom is -0.494 e. The second kappa shape index (κ2) is 5.28. The zero-order chi connectivity index (χ0) is 11.4. The summed E-state index contributed by atoms with van der Waals surface area (Å²) >= 11 is 0. The van der Waals surface area contributed by atoms with Crippen molar-refractivity contribution in [3.63, 3.8) is 0 Å². The van der Waals surface area contributed by atoms with Crippen molar-refractivity contribution in [2.75, 3.05) is 7.11 Å². The Morgan fingerprint density at radius 3 is 2.56 bits per heavy atom. The summed E-state index contributed by atoms with van der Waals surface area (Å²) in [6.45, 7) is 2.34. The van der Waals surface area contributed by atoms with E-state index < -0.39 is 0 Å². The molecule has 88 valence electrons. The number of ether oxygens (including phenoxy) is 1. The molecule has 1 aliphatic rings. The summed E-state index contributed by atoms with van der Waals surface area (Å²) in [5, 5.41) is 0. The average Bonchev–Trinajstić information content (AvgIpc) is 2.54. The van der Waals surface area contributed by atoms with Gasteiger partial charge in [-0.1, -0.05) is 26.2 Å². The second-order valence-electron chi connectivity index (χ2n) is 4.79. The van der Waals surface area contributed by atoms with Gasteiger partial charge in [-0.2, -0.15) is 0 Å². The summed E-state index contributed by atoms with van der Waals surface area (Å²) in [5.74, 6) is 3.15. The number of hydrogen-bond acceptors (Lipinski definition) is 3. The minimum atomic E-state index is 0.552. The lowest BCUT2D eigenvalue weighted by Gasteiger charge is -2.12. The molecule has 0 aromatic carbocycles. The lowest BCUT2D eigenvalue weighted by molar-refractivity contribution is 0.408. The molecule has 2 rings (SSSR count). The topological polar surface area (TPSA) is 35.0 Å². The fourth-order valence-corrected chi connectivity index (χ4v) is 2.39. The lowest BCUT2D eigenvalue weighted by Crippen LogP contribution is -2.03. The molecule has 0 saturated heterocycles. The highest BCUT2D eigenvalue weighted by Crippen LogP contribution is 2.32. The van der Waals surface area contributed by atoms with Crippen LogP contribution in [0.1, 0.15) is 50.8 Å². The summed E-state index contributed by atoms with van der Waals surface area (Å²) < 4.78 is 5.07. The van der Waals surface area contributed by atoms with Crippen molar-refractivity contribution in [3.8, 4) is 5.75 Å². The van der Waals surface area contributed by atoms with Gasteiger partial charge in [0.15, 0.2) is 5.75 Å². The Labute approximate surface area is 97.3 Å². The van der Waals surface area contributed by atoms with Gasteiger partial charge in [-0.25, -0.2) is 9.97 Å². The molecule has 1 aliphatic carbocycles. The van der Waals surface area contributed by atoms with Crippen molar-refractivity contribution in [2.45, 2.75) is 44.9 Å². The van der Waals surface area contributed by atoms with Crippen molar-refractivity contribution < 1.29 is 4.74 Å². The summed E-state index contributed by atoms with van der Waals surface area (Å²) in [6.07, 6.45) is 9.98. The van der Waals surface area contributed by atoms with E-state index in [2.05, 4.69) is 16.9 Å². The van der Waals surface area contributed by atoms with E-state index >= 15 is 0 Å². The Hall–Kier alpha value is -1.12. The summed E-state index contributed by atoms with van der Waals surface area (Å²) in [7, 11) is 1.64. The van der Waals surface area contributed by atoms with E-state index in [1.54, 1.807) is 19.5 Å². The monoisotopic (exact) mass is 220 g/mol. The molecule has 1 fully saturated rings. The Morgan fingerprint density at radius 2 is 1.88 bits per heavy atom. The maximum Gasteiger partial charge on any atom is 0.155 e. The molecule has 2 unspecified atom stereocenters. The van der Waals surface area contributed by atoms with Crippen LogP contribution in [-0.2, 0) is 0 Å². The number of nitrogens with zero attached hydrogens (tertiary/aromatic N) is 2. The third-order valence-electron chi connectivity index (χ3n) is 3.51. The Morgan fingerprint density at radius 1 is 1.12 bits per heavy atom. The average molecular weight is 220 g/mol. The van der Waals surface area contributed by atoms with E-state index in [0.29, 0.717) is 5.92 Å². The van der Waals surface area contributed by atoms with E-state index in [-0.39, 0.29) is 0 Å². The second-order valence-corrected chi connectivity index (χ2v) is 4.79. The fourth-order valence-electron chi connectivity index (χ4n) is 2.39. The number of aromatic nitrogens is 2. The van der Waals surface area contributed by atoms with E-state index in [9.17, 15) is 0 Å². The lowest BCUT2D eigenvalue weighted by atomic mass is 9.98. The highest BCUT2D eigenvalue weighted by molar-refractivity contribution is 5.13. The quantitative estimate of drug-likeness (QED) is 0.718. The number of rotatable bonds is 2. The van der Waals surface area contributed by atoms with Crippen LogP contribution in [-0.4, -0.2) is 17.1 Å². The van der Waals surface area contributed by atoms with E-state index in [1.807, 2.05) is 0 Å². The molecule has 0 aliphatic heterocycles. The van der Waals surface area contributed by atoms with Gasteiger partial charge in [0, 0.05) is 5.92 Å². The molecule has 1 aromatic rings. The van der Waals surface area contributed by atoms with Gasteiger partial charge in [-0.3, -0.25) is 0 Å². The van der Waals surface area contributed by atoms with Gasteiger partial charge >= 0.3 is 0 Å². The first-order chi connectivity index (χ1) is 7.79. The first-order valence-electron chi connectivity index (χ1n) is 6.15. The van der Waals surface area contributed by atoms with Crippen LogP contribution in [0.2, 0.25) is 0 Å². The van der Waals surface area contributed by atoms with Crippen LogP contribution in [0.3, 0.4) is 0 Å². The molecular formula is C13H20N2O. The highest BCUT2D eigenvalue weighted by atomic mass is 16.5. The molecule has 0 bridgehead atoms. The van der Waals surface area contributed by atoms with Crippen molar-refractivity contribution in [3.05, 3.63) is 18.2 Å². The first-order valence-corrected chi connectivity index (χ1v) is 6.15. The van der Waals surface area contributed by atoms with Crippen molar-refractivity contribution >= 4 is 0 Å². The van der Waals surface area contributed by atoms with E-state index in [0.717, 1.165) is 17.5 Å². The Kier molecular flexibility index (Phi) is 3.75. The smallest absolute Gasteiger partial charge is 0.155 e. The van der Waals surface area contributed by atoms with Gasteiger partial charge in [0.25, 0.3) is 0 Å². The third kappa shape index (κ3) is 2.71. The molecule has 1 heterocycles. The normalized spacial score (nSPS) is 26.1. The van der Waals surface area contributed by atoms with Gasteiger partial charge in [0.05, 0.1) is 19.5 Å². The Bertz CT molecular complexity index is 323. The summed E-state index contributed by atoms with van der Waals surface area (Å²) in [4.78, 5) is 8.81. The Balaban J connectivity index is 2.04. The summed E-state index contributed by atoms with van der Waals surface area (Å²) in [5.41, 5.74) is 0. The fraction of sp³-hybridized carbons (Fsp3) is 0.692. The van der Waals surface area contributed by atoms with Crippen molar-refractivity contribution in [2.24, 2.45) is 5.92 Å². The van der Waals surface area contributed by atoms with Crippen molar-refractivity contribution in [1.29, 1.82) is 0 Å². The zero-order valence-electron chi connectivity index (χ0n) is 10.1. The number of methoxy groups -OCH3 is 1. The SMILES string of the molecule is COc1cnc(C2CCCC(C)CC2)nc1. The molecule has 16 heavy (non-hydrogen) atoms. The molecular weight excluding hydrogens is 200 g/mol. The first kappa shape index (κ1) is 11.4. The van der Waals surface area contributed by atoms with Crippen LogP contribution in [0, 0.1) is 5.92 Å². The standard InChI is InChI=1S/C13H20N2O/c1-10-4-3-5-11(7-6-10)13-14-8-12(16-2)9-15-13/h8-11H,3-7H2,1-2H3. The molecule has 0 spiro atoms. The molecule has 3 nitrogen and oxygen atoms in total. The largest absolute Gasteiger partial charge is 0.494 e. The van der Waals surface area contributed by atoms with Gasteiger partial charge in [0.1, 0.15) is 5.82 Å². The van der Waals surface area contributed by atoms with Crippen LogP contribution < -0.4 is 4.74 Å². The molecule has 2 atom stereocenters.